The summed E-state index contributed by atoms with van der Waals surface area (Å²) in [5.41, 5.74) is 26.8. The molecule has 4 unspecified atom stereocenters. The molecule has 0 radical (unpaired) electrons. The first-order valence-electron chi connectivity index (χ1n) is 10.0. The highest BCUT2D eigenvalue weighted by molar-refractivity contribution is 4.96. The van der Waals surface area contributed by atoms with E-state index in [1.807, 2.05) is 20.8 Å². The van der Waals surface area contributed by atoms with Crippen molar-refractivity contribution >= 4 is 0 Å². The minimum Gasteiger partial charge on any atom is -0.355 e. The Hall–Kier alpha value is -2.23. The van der Waals surface area contributed by atoms with Crippen molar-refractivity contribution in [3.8, 4) is 0 Å². The van der Waals surface area contributed by atoms with E-state index < -0.39 is 36.9 Å². The maximum Gasteiger partial charge on any atom is 0.167 e. The second kappa shape index (κ2) is 11.2. The van der Waals surface area contributed by atoms with Crippen LogP contribution in [0, 0.1) is 17.8 Å². The molecule has 2 heterocycles. The van der Waals surface area contributed by atoms with Gasteiger partial charge in [-0.05, 0) is 40.8 Å². The van der Waals surface area contributed by atoms with Gasteiger partial charge < -0.3 is 18.9 Å². The number of hydrogen-bond acceptors (Lipinski definition) is 7. The molecular weight excluding hydrogens is 394 g/mol. The number of rotatable bonds is 8. The van der Waals surface area contributed by atoms with E-state index in [4.69, 9.17) is 35.5 Å². The van der Waals surface area contributed by atoms with Crippen LogP contribution in [-0.2, 0) is 18.9 Å². The lowest BCUT2D eigenvalue weighted by atomic mass is 9.81. The number of nitrogens with zero attached hydrogens (tertiary/aromatic N) is 9. The first kappa shape index (κ1) is 24.0. The lowest BCUT2D eigenvalue weighted by molar-refractivity contribution is -0.302. The lowest BCUT2D eigenvalue weighted by Crippen LogP contribution is -2.58. The van der Waals surface area contributed by atoms with E-state index in [-0.39, 0.29) is 30.4 Å². The van der Waals surface area contributed by atoms with Gasteiger partial charge in [0.2, 0.25) is 0 Å². The van der Waals surface area contributed by atoms with Crippen molar-refractivity contribution in [2.24, 2.45) is 33.1 Å². The Balaban J connectivity index is 2.36. The summed E-state index contributed by atoms with van der Waals surface area (Å²) in [5.74, 6) is -0.138. The zero-order valence-corrected chi connectivity index (χ0v) is 17.8. The summed E-state index contributed by atoms with van der Waals surface area (Å²) >= 11 is 0. The van der Waals surface area contributed by atoms with E-state index in [1.165, 1.54) is 7.11 Å². The molecule has 0 amide bonds. The van der Waals surface area contributed by atoms with Crippen molar-refractivity contribution < 1.29 is 18.9 Å². The third-order valence-electron chi connectivity index (χ3n) is 6.17. The smallest absolute Gasteiger partial charge is 0.167 e. The molecule has 0 N–H and O–H groups in total. The largest absolute Gasteiger partial charge is 0.355 e. The van der Waals surface area contributed by atoms with E-state index in [0.717, 1.165) is 6.42 Å². The maximum absolute atomic E-state index is 9.06. The number of ether oxygens (including phenoxy) is 4. The van der Waals surface area contributed by atoms with Gasteiger partial charge in [0, 0.05) is 21.8 Å². The third kappa shape index (κ3) is 5.08. The number of azide groups is 3. The monoisotopic (exact) mass is 423 g/mol. The van der Waals surface area contributed by atoms with E-state index in [9.17, 15) is 0 Å². The van der Waals surface area contributed by atoms with Crippen LogP contribution in [0.4, 0.5) is 0 Å². The molecule has 2 aliphatic rings. The predicted molar refractivity (Wildman–Crippen MR) is 107 cm³/mol. The Morgan fingerprint density at radius 1 is 0.833 bits per heavy atom. The molecule has 13 nitrogen and oxygen atoms in total. The Kier molecular flexibility index (Phi) is 9.01. The normalized spacial score (nSPS) is 41.1. The summed E-state index contributed by atoms with van der Waals surface area (Å²) in [6.45, 7) is 7.93. The molecule has 0 aromatic rings. The van der Waals surface area contributed by atoms with Gasteiger partial charge in [-0.25, -0.2) is 0 Å². The van der Waals surface area contributed by atoms with Crippen LogP contribution < -0.4 is 0 Å². The Labute approximate surface area is 174 Å². The molecule has 13 heteroatoms. The van der Waals surface area contributed by atoms with Gasteiger partial charge in [0.15, 0.2) is 12.6 Å². The highest BCUT2D eigenvalue weighted by atomic mass is 16.7. The minimum atomic E-state index is -0.813. The zero-order valence-electron chi connectivity index (χ0n) is 17.8. The number of hydrogen-bond donors (Lipinski definition) is 0. The fourth-order valence-electron chi connectivity index (χ4n) is 4.23. The van der Waals surface area contributed by atoms with Gasteiger partial charge in [-0.3, -0.25) is 0 Å². The van der Waals surface area contributed by atoms with E-state index in [0.29, 0.717) is 0 Å². The molecule has 166 valence electrons. The van der Waals surface area contributed by atoms with Crippen molar-refractivity contribution in [2.45, 2.75) is 77.1 Å². The van der Waals surface area contributed by atoms with Gasteiger partial charge in [0.25, 0.3) is 0 Å². The molecule has 30 heavy (non-hydrogen) atoms. The summed E-state index contributed by atoms with van der Waals surface area (Å²) in [6, 6.07) is -1.20. The average Bonchev–Trinajstić information content (AvgIpc) is 2.75. The van der Waals surface area contributed by atoms with Crippen LogP contribution >= 0.6 is 0 Å². The first-order chi connectivity index (χ1) is 14.4. The standard InChI is InChI=1S/C17H29N9O4/c1-6-11-8(2)9(3)13(22-25-19)17(28-11)30-15-10(4)14(23-26-20)16(27-5)29-12(15)7-21-24-18/h8-17H,6-7H2,1-5H3/t8-,9?,10?,11?,12?,13-,14-,15-,16-,17+/m1/s1. The first-order valence-corrected chi connectivity index (χ1v) is 10.0. The highest BCUT2D eigenvalue weighted by Crippen LogP contribution is 2.38. The molecule has 0 aromatic heterocycles. The van der Waals surface area contributed by atoms with E-state index >= 15 is 0 Å². The van der Waals surface area contributed by atoms with Gasteiger partial charge in [-0.1, -0.05) is 43.0 Å². The van der Waals surface area contributed by atoms with Crippen molar-refractivity contribution in [3.63, 3.8) is 0 Å². The SMILES string of the molecule is CCC1O[C@@H](O[C@H]2C(CN=[N+]=[N-])O[C@@H](OC)[C@H](N=[N+]=[N-])C2C)[C@H](N=[N+]=[N-])C(C)[C@H]1C. The molecule has 0 aromatic carbocycles. The Morgan fingerprint density at radius 2 is 1.43 bits per heavy atom. The van der Waals surface area contributed by atoms with E-state index in [1.54, 1.807) is 0 Å². The molecule has 0 spiro atoms. The second-order valence-corrected chi connectivity index (χ2v) is 7.71. The van der Waals surface area contributed by atoms with Gasteiger partial charge >= 0.3 is 0 Å². The predicted octanol–water partition coefficient (Wildman–Crippen LogP) is 4.45. The fraction of sp³-hybridized carbons (Fsp3) is 1.00. The van der Waals surface area contributed by atoms with Crippen LogP contribution in [0.5, 0.6) is 0 Å². The van der Waals surface area contributed by atoms with Gasteiger partial charge in [-0.15, -0.1) is 0 Å². The van der Waals surface area contributed by atoms with Crippen LogP contribution in [0.3, 0.4) is 0 Å². The van der Waals surface area contributed by atoms with Crippen molar-refractivity contribution in [2.75, 3.05) is 13.7 Å². The molecule has 2 fully saturated rings. The second-order valence-electron chi connectivity index (χ2n) is 7.71. The molecule has 0 bridgehead atoms. The van der Waals surface area contributed by atoms with Crippen LogP contribution in [0.25, 0.3) is 31.3 Å². The average molecular weight is 423 g/mol. The number of methoxy groups -OCH3 is 1. The molecule has 0 aliphatic carbocycles. The molecule has 2 aliphatic heterocycles. The Bertz CT molecular complexity index is 718. The summed E-state index contributed by atoms with van der Waals surface area (Å²) in [4.78, 5) is 8.68. The molecule has 10 atom stereocenters. The van der Waals surface area contributed by atoms with Crippen molar-refractivity contribution in [1.29, 1.82) is 0 Å². The topological polar surface area (TPSA) is 183 Å². The van der Waals surface area contributed by atoms with Crippen LogP contribution in [0.15, 0.2) is 15.3 Å². The van der Waals surface area contributed by atoms with Crippen LogP contribution in [-0.4, -0.2) is 56.6 Å². The summed E-state index contributed by atoms with van der Waals surface area (Å²) in [5, 5.41) is 11.4. The quantitative estimate of drug-likeness (QED) is 0.317. The zero-order chi connectivity index (χ0) is 22.3. The van der Waals surface area contributed by atoms with Crippen LogP contribution in [0.1, 0.15) is 34.1 Å². The van der Waals surface area contributed by atoms with Gasteiger partial charge in [-0.2, -0.15) is 0 Å². The van der Waals surface area contributed by atoms with Gasteiger partial charge in [0.1, 0.15) is 0 Å². The maximum atomic E-state index is 9.06. The summed E-state index contributed by atoms with van der Waals surface area (Å²) in [7, 11) is 1.44. The third-order valence-corrected chi connectivity index (χ3v) is 6.17. The van der Waals surface area contributed by atoms with Gasteiger partial charge in [0.05, 0.1) is 36.9 Å². The Morgan fingerprint density at radius 3 is 1.97 bits per heavy atom. The highest BCUT2D eigenvalue weighted by Gasteiger charge is 2.48. The lowest BCUT2D eigenvalue weighted by Gasteiger charge is -2.48. The van der Waals surface area contributed by atoms with Crippen molar-refractivity contribution in [1.82, 2.24) is 0 Å². The fourth-order valence-corrected chi connectivity index (χ4v) is 4.23. The summed E-state index contributed by atoms with van der Waals surface area (Å²) < 4.78 is 23.7. The van der Waals surface area contributed by atoms with Crippen molar-refractivity contribution in [3.05, 3.63) is 31.3 Å². The molecule has 2 rings (SSSR count). The summed E-state index contributed by atoms with van der Waals surface area (Å²) in [6.07, 6.45) is -2.21. The van der Waals surface area contributed by atoms with Crippen LogP contribution in [0.2, 0.25) is 0 Å². The minimum absolute atomic E-state index is 0.00355. The molecular formula is C17H29N9O4. The molecule has 2 saturated heterocycles. The molecule has 0 saturated carbocycles. The van der Waals surface area contributed by atoms with E-state index in [2.05, 4.69) is 37.0 Å².